The van der Waals surface area contributed by atoms with Crippen LogP contribution in [0.3, 0.4) is 0 Å². The Kier molecular flexibility index (Phi) is 4.31. The van der Waals surface area contributed by atoms with Crippen LogP contribution in [0, 0.1) is 5.41 Å². The van der Waals surface area contributed by atoms with E-state index in [0.29, 0.717) is 17.1 Å². The SMILES string of the molecule is COc1ccc(-c2c(C(C)C)nc(N)c3cc(N)c(C=N)cc23)cc1. The molecule has 0 aliphatic heterocycles. The van der Waals surface area contributed by atoms with Crippen LogP contribution in [0.4, 0.5) is 11.5 Å². The lowest BCUT2D eigenvalue weighted by Crippen LogP contribution is -2.04. The van der Waals surface area contributed by atoms with Crippen molar-refractivity contribution in [1.29, 1.82) is 5.41 Å². The van der Waals surface area contributed by atoms with Crippen molar-refractivity contribution >= 4 is 28.5 Å². The van der Waals surface area contributed by atoms with Gasteiger partial charge in [0, 0.05) is 28.4 Å². The molecule has 0 aliphatic rings. The Bertz CT molecular complexity index is 946. The molecule has 0 bridgehead atoms. The van der Waals surface area contributed by atoms with Crippen molar-refractivity contribution in [3.8, 4) is 16.9 Å². The molecule has 5 nitrogen and oxygen atoms in total. The van der Waals surface area contributed by atoms with E-state index in [1.54, 1.807) is 13.2 Å². The van der Waals surface area contributed by atoms with E-state index in [1.165, 1.54) is 6.21 Å². The molecular formula is C20H22N4O. The molecule has 0 spiro atoms. The minimum atomic E-state index is 0.199. The Labute approximate surface area is 147 Å². The van der Waals surface area contributed by atoms with Crippen molar-refractivity contribution in [1.82, 2.24) is 4.98 Å². The topological polar surface area (TPSA) is 98.0 Å². The summed E-state index contributed by atoms with van der Waals surface area (Å²) in [6, 6.07) is 11.6. The van der Waals surface area contributed by atoms with E-state index in [9.17, 15) is 0 Å². The Morgan fingerprint density at radius 1 is 1.08 bits per heavy atom. The number of anilines is 2. The second kappa shape index (κ2) is 6.43. The summed E-state index contributed by atoms with van der Waals surface area (Å²) >= 11 is 0. The maximum absolute atomic E-state index is 7.61. The molecule has 0 aliphatic carbocycles. The fourth-order valence-electron chi connectivity index (χ4n) is 3.04. The number of pyridine rings is 1. The summed E-state index contributed by atoms with van der Waals surface area (Å²) in [5.41, 5.74) is 16.4. The molecule has 5 heteroatoms. The summed E-state index contributed by atoms with van der Waals surface area (Å²) in [4.78, 5) is 4.65. The van der Waals surface area contributed by atoms with Gasteiger partial charge >= 0.3 is 0 Å². The maximum Gasteiger partial charge on any atom is 0.131 e. The van der Waals surface area contributed by atoms with Crippen molar-refractivity contribution in [3.63, 3.8) is 0 Å². The third kappa shape index (κ3) is 2.89. The van der Waals surface area contributed by atoms with Gasteiger partial charge in [-0.2, -0.15) is 0 Å². The number of benzene rings is 2. The molecule has 3 rings (SSSR count). The second-order valence-electron chi connectivity index (χ2n) is 6.31. The van der Waals surface area contributed by atoms with Gasteiger partial charge in [0.1, 0.15) is 11.6 Å². The first kappa shape index (κ1) is 16.8. The Morgan fingerprint density at radius 3 is 2.32 bits per heavy atom. The quantitative estimate of drug-likeness (QED) is 0.492. The minimum absolute atomic E-state index is 0.199. The zero-order valence-corrected chi connectivity index (χ0v) is 14.6. The Morgan fingerprint density at radius 2 is 1.76 bits per heavy atom. The predicted octanol–water partition coefficient (Wildman–Crippen LogP) is 4.20. The molecule has 1 heterocycles. The van der Waals surface area contributed by atoms with E-state index >= 15 is 0 Å². The molecule has 0 saturated carbocycles. The highest BCUT2D eigenvalue weighted by Gasteiger charge is 2.18. The largest absolute Gasteiger partial charge is 0.497 e. The number of rotatable bonds is 4. The number of nitrogens with one attached hydrogen (secondary N) is 1. The van der Waals surface area contributed by atoms with Crippen molar-refractivity contribution in [3.05, 3.63) is 47.7 Å². The van der Waals surface area contributed by atoms with Crippen molar-refractivity contribution in [2.75, 3.05) is 18.6 Å². The monoisotopic (exact) mass is 334 g/mol. The average molecular weight is 334 g/mol. The number of aromatic nitrogens is 1. The molecule has 128 valence electrons. The number of nitrogens with zero attached hydrogens (tertiary/aromatic N) is 1. The average Bonchev–Trinajstić information content (AvgIpc) is 2.61. The van der Waals surface area contributed by atoms with E-state index in [4.69, 9.17) is 21.6 Å². The predicted molar refractivity (Wildman–Crippen MR) is 105 cm³/mol. The lowest BCUT2D eigenvalue weighted by molar-refractivity contribution is 0.415. The summed E-state index contributed by atoms with van der Waals surface area (Å²) in [5, 5.41) is 9.37. The van der Waals surface area contributed by atoms with E-state index < -0.39 is 0 Å². The van der Waals surface area contributed by atoms with Crippen LogP contribution in [0.2, 0.25) is 0 Å². The number of fused-ring (bicyclic) bond motifs is 1. The molecule has 2 aromatic carbocycles. The minimum Gasteiger partial charge on any atom is -0.497 e. The first-order valence-corrected chi connectivity index (χ1v) is 8.13. The highest BCUT2D eigenvalue weighted by atomic mass is 16.5. The molecule has 0 amide bonds. The lowest BCUT2D eigenvalue weighted by Gasteiger charge is -2.18. The van der Waals surface area contributed by atoms with Gasteiger partial charge in [0.15, 0.2) is 0 Å². The Hall–Kier alpha value is -3.08. The van der Waals surface area contributed by atoms with E-state index in [2.05, 4.69) is 18.8 Å². The second-order valence-corrected chi connectivity index (χ2v) is 6.31. The fraction of sp³-hybridized carbons (Fsp3) is 0.200. The molecule has 0 radical (unpaired) electrons. The van der Waals surface area contributed by atoms with Gasteiger partial charge in [0.05, 0.1) is 12.8 Å². The highest BCUT2D eigenvalue weighted by molar-refractivity contribution is 6.07. The first-order valence-electron chi connectivity index (χ1n) is 8.13. The van der Waals surface area contributed by atoms with Crippen LogP contribution in [-0.4, -0.2) is 18.3 Å². The highest BCUT2D eigenvalue weighted by Crippen LogP contribution is 2.38. The van der Waals surface area contributed by atoms with Gasteiger partial charge in [0.25, 0.3) is 0 Å². The van der Waals surface area contributed by atoms with Gasteiger partial charge in [-0.05, 0) is 41.1 Å². The van der Waals surface area contributed by atoms with Gasteiger partial charge in [-0.25, -0.2) is 4.98 Å². The first-order chi connectivity index (χ1) is 12.0. The molecule has 1 aromatic heterocycles. The van der Waals surface area contributed by atoms with Crippen LogP contribution in [0.15, 0.2) is 36.4 Å². The smallest absolute Gasteiger partial charge is 0.131 e. The Balaban J connectivity index is 2.41. The van der Waals surface area contributed by atoms with E-state index in [-0.39, 0.29) is 5.92 Å². The van der Waals surface area contributed by atoms with Crippen LogP contribution < -0.4 is 16.2 Å². The van der Waals surface area contributed by atoms with Gasteiger partial charge in [0.2, 0.25) is 0 Å². The number of methoxy groups -OCH3 is 1. The van der Waals surface area contributed by atoms with Gasteiger partial charge in [-0.15, -0.1) is 0 Å². The van der Waals surface area contributed by atoms with Crippen molar-refractivity contribution in [2.24, 2.45) is 0 Å². The van der Waals surface area contributed by atoms with Crippen molar-refractivity contribution < 1.29 is 4.74 Å². The molecule has 0 atom stereocenters. The lowest BCUT2D eigenvalue weighted by atomic mass is 9.91. The molecule has 5 N–H and O–H groups in total. The molecule has 0 fully saturated rings. The number of ether oxygens (including phenoxy) is 1. The van der Waals surface area contributed by atoms with Crippen molar-refractivity contribution in [2.45, 2.75) is 19.8 Å². The summed E-state index contributed by atoms with van der Waals surface area (Å²) in [5.74, 6) is 1.45. The maximum atomic E-state index is 7.61. The molecule has 0 saturated heterocycles. The summed E-state index contributed by atoms with van der Waals surface area (Å²) < 4.78 is 5.26. The number of nitrogen functional groups attached to an aromatic ring is 2. The zero-order chi connectivity index (χ0) is 18.1. The third-order valence-electron chi connectivity index (χ3n) is 4.35. The molecular weight excluding hydrogens is 312 g/mol. The van der Waals surface area contributed by atoms with Crippen LogP contribution in [0.5, 0.6) is 5.75 Å². The van der Waals surface area contributed by atoms with Gasteiger partial charge in [-0.3, -0.25) is 0 Å². The summed E-state index contributed by atoms with van der Waals surface area (Å²) in [6.07, 6.45) is 1.26. The fourth-order valence-corrected chi connectivity index (χ4v) is 3.04. The van der Waals surface area contributed by atoms with Gasteiger partial charge in [-0.1, -0.05) is 26.0 Å². The van der Waals surface area contributed by atoms with Gasteiger partial charge < -0.3 is 21.6 Å². The number of nitrogens with two attached hydrogens (primary N) is 2. The number of hydrogen-bond acceptors (Lipinski definition) is 5. The van der Waals surface area contributed by atoms with Crippen LogP contribution in [0.1, 0.15) is 31.0 Å². The summed E-state index contributed by atoms with van der Waals surface area (Å²) in [7, 11) is 1.65. The standard InChI is InChI=1S/C20H22N4O/c1-11(2)19-18(12-4-6-14(25-3)7-5-12)15-8-13(10-21)17(22)9-16(15)20(23)24-19/h4-11,21H,22H2,1-3H3,(H2,23,24). The normalized spacial score (nSPS) is 11.0. The number of hydrogen-bond donors (Lipinski definition) is 3. The molecule has 25 heavy (non-hydrogen) atoms. The van der Waals surface area contributed by atoms with Crippen LogP contribution in [-0.2, 0) is 0 Å². The third-order valence-corrected chi connectivity index (χ3v) is 4.35. The molecule has 3 aromatic rings. The summed E-state index contributed by atoms with van der Waals surface area (Å²) in [6.45, 7) is 4.19. The van der Waals surface area contributed by atoms with Crippen LogP contribution in [0.25, 0.3) is 21.9 Å². The molecule has 0 unspecified atom stereocenters. The zero-order valence-electron chi connectivity index (χ0n) is 14.6. The van der Waals surface area contributed by atoms with E-state index in [0.717, 1.165) is 33.3 Å². The van der Waals surface area contributed by atoms with E-state index in [1.807, 2.05) is 30.3 Å². The van der Waals surface area contributed by atoms with Crippen LogP contribution >= 0.6 is 0 Å².